The van der Waals surface area contributed by atoms with Crippen molar-refractivity contribution in [2.24, 2.45) is 5.73 Å². The molecule has 0 aromatic heterocycles. The first-order chi connectivity index (χ1) is 4.95. The van der Waals surface area contributed by atoms with Crippen LogP contribution >= 0.6 is 0 Å². The number of hydrogen-bond acceptors (Lipinski definition) is 1. The van der Waals surface area contributed by atoms with Crippen LogP contribution in [0.15, 0.2) is 12.7 Å². The lowest BCUT2D eigenvalue weighted by Gasteiger charge is -2.13. The maximum atomic E-state index is 12.2. The first-order valence-corrected chi connectivity index (χ1v) is 3.70. The van der Waals surface area contributed by atoms with Crippen molar-refractivity contribution in [2.75, 3.05) is 0 Å². The summed E-state index contributed by atoms with van der Waals surface area (Å²) in [6.45, 7) is 4.39. The summed E-state index contributed by atoms with van der Waals surface area (Å²) >= 11 is 0. The molecule has 1 nitrogen and oxygen atoms in total. The summed E-state index contributed by atoms with van der Waals surface area (Å²) in [4.78, 5) is 0. The molecular weight excluding hydrogens is 148 g/mol. The lowest BCUT2D eigenvalue weighted by molar-refractivity contribution is 0.00933. The van der Waals surface area contributed by atoms with Crippen LogP contribution in [0.5, 0.6) is 0 Å². The van der Waals surface area contributed by atoms with E-state index >= 15 is 0 Å². The Morgan fingerprint density at radius 1 is 1.64 bits per heavy atom. The van der Waals surface area contributed by atoms with Crippen LogP contribution in [0.1, 0.15) is 26.2 Å². The van der Waals surface area contributed by atoms with Crippen LogP contribution in [0, 0.1) is 0 Å². The van der Waals surface area contributed by atoms with E-state index in [1.54, 1.807) is 6.08 Å². The van der Waals surface area contributed by atoms with Crippen LogP contribution in [0.25, 0.3) is 0 Å². The predicted octanol–water partition coefficient (Wildman–Crippen LogP) is 2.33. The molecule has 0 aromatic rings. The van der Waals surface area contributed by atoms with Crippen molar-refractivity contribution < 1.29 is 8.78 Å². The van der Waals surface area contributed by atoms with E-state index in [4.69, 9.17) is 5.73 Å². The molecule has 0 aliphatic heterocycles. The van der Waals surface area contributed by atoms with E-state index in [9.17, 15) is 8.78 Å². The maximum absolute atomic E-state index is 12.2. The summed E-state index contributed by atoms with van der Waals surface area (Å²) in [5.41, 5.74) is 5.49. The largest absolute Gasteiger partial charge is 0.327 e. The second-order valence-electron chi connectivity index (χ2n) is 2.89. The molecule has 0 aromatic carbocycles. The lowest BCUT2D eigenvalue weighted by Crippen LogP contribution is -2.22. The van der Waals surface area contributed by atoms with E-state index in [0.29, 0.717) is 12.8 Å². The van der Waals surface area contributed by atoms with Crippen molar-refractivity contribution in [2.45, 2.75) is 38.2 Å². The average molecular weight is 163 g/mol. The number of hydrogen-bond donors (Lipinski definition) is 1. The third-order valence-electron chi connectivity index (χ3n) is 1.42. The second kappa shape index (κ2) is 4.44. The number of rotatable bonds is 5. The summed E-state index contributed by atoms with van der Waals surface area (Å²) < 4.78 is 24.5. The fraction of sp³-hybridized carbons (Fsp3) is 0.750. The molecule has 0 fully saturated rings. The van der Waals surface area contributed by atoms with E-state index in [-0.39, 0.29) is 12.5 Å². The molecule has 66 valence electrons. The van der Waals surface area contributed by atoms with Crippen molar-refractivity contribution >= 4 is 0 Å². The molecule has 1 atom stereocenters. The predicted molar refractivity (Wildman–Crippen MR) is 42.6 cm³/mol. The molecule has 0 spiro atoms. The standard InChI is InChI=1S/C8H15F2N/c1-3-4-7(11)5-6-8(2,9)10/h3,7H,1,4-6,11H2,2H3/t7-/m1/s1. The Morgan fingerprint density at radius 3 is 2.55 bits per heavy atom. The van der Waals surface area contributed by atoms with E-state index in [2.05, 4.69) is 6.58 Å². The van der Waals surface area contributed by atoms with Gasteiger partial charge in [-0.1, -0.05) is 6.08 Å². The zero-order valence-corrected chi connectivity index (χ0v) is 6.82. The van der Waals surface area contributed by atoms with Gasteiger partial charge in [-0.15, -0.1) is 6.58 Å². The third kappa shape index (κ3) is 7.46. The minimum absolute atomic E-state index is 0.137. The van der Waals surface area contributed by atoms with Crippen molar-refractivity contribution in [1.82, 2.24) is 0 Å². The normalized spacial score (nSPS) is 14.5. The van der Waals surface area contributed by atoms with Crippen LogP contribution in [0.3, 0.4) is 0 Å². The van der Waals surface area contributed by atoms with Gasteiger partial charge in [-0.2, -0.15) is 0 Å². The van der Waals surface area contributed by atoms with Crippen LogP contribution in [-0.2, 0) is 0 Å². The molecule has 0 unspecified atom stereocenters. The van der Waals surface area contributed by atoms with Gasteiger partial charge < -0.3 is 5.73 Å². The molecule has 0 saturated heterocycles. The summed E-state index contributed by atoms with van der Waals surface area (Å²) in [6.07, 6.45) is 2.48. The van der Waals surface area contributed by atoms with E-state index in [0.717, 1.165) is 6.92 Å². The maximum Gasteiger partial charge on any atom is 0.245 e. The van der Waals surface area contributed by atoms with Gasteiger partial charge in [0.2, 0.25) is 5.92 Å². The highest BCUT2D eigenvalue weighted by molar-refractivity contribution is 4.76. The molecule has 0 radical (unpaired) electrons. The second-order valence-corrected chi connectivity index (χ2v) is 2.89. The lowest BCUT2D eigenvalue weighted by atomic mass is 10.1. The zero-order chi connectivity index (χ0) is 8.91. The molecule has 0 heterocycles. The summed E-state index contributed by atoms with van der Waals surface area (Å²) in [7, 11) is 0. The molecule has 0 amide bonds. The van der Waals surface area contributed by atoms with E-state index < -0.39 is 5.92 Å². The molecule has 0 aliphatic rings. The smallest absolute Gasteiger partial charge is 0.245 e. The van der Waals surface area contributed by atoms with Gasteiger partial charge in [0.1, 0.15) is 0 Å². The van der Waals surface area contributed by atoms with E-state index in [1.807, 2.05) is 0 Å². The van der Waals surface area contributed by atoms with Gasteiger partial charge in [-0.25, -0.2) is 8.78 Å². The van der Waals surface area contributed by atoms with Gasteiger partial charge >= 0.3 is 0 Å². The monoisotopic (exact) mass is 163 g/mol. The van der Waals surface area contributed by atoms with Gasteiger partial charge in [0, 0.05) is 12.5 Å². The summed E-state index contributed by atoms with van der Waals surface area (Å²) in [5.74, 6) is -2.58. The summed E-state index contributed by atoms with van der Waals surface area (Å²) in [5, 5.41) is 0. The average Bonchev–Trinajstić information content (AvgIpc) is 1.83. The van der Waals surface area contributed by atoms with Gasteiger partial charge in [0.15, 0.2) is 0 Å². The topological polar surface area (TPSA) is 26.0 Å². The minimum Gasteiger partial charge on any atom is -0.327 e. The van der Waals surface area contributed by atoms with Crippen molar-refractivity contribution in [3.05, 3.63) is 12.7 Å². The first kappa shape index (κ1) is 10.6. The zero-order valence-electron chi connectivity index (χ0n) is 6.82. The fourth-order valence-electron chi connectivity index (χ4n) is 0.771. The highest BCUT2D eigenvalue weighted by Gasteiger charge is 2.21. The van der Waals surface area contributed by atoms with Gasteiger partial charge in [0.25, 0.3) is 0 Å². The third-order valence-corrected chi connectivity index (χ3v) is 1.42. The van der Waals surface area contributed by atoms with Crippen molar-refractivity contribution in [3.8, 4) is 0 Å². The number of halogens is 2. The van der Waals surface area contributed by atoms with Crippen LogP contribution in [0.2, 0.25) is 0 Å². The SMILES string of the molecule is C=CC[C@@H](N)CCC(C)(F)F. The molecule has 2 N–H and O–H groups in total. The molecule has 3 heteroatoms. The quantitative estimate of drug-likeness (QED) is 0.618. The Morgan fingerprint density at radius 2 is 2.18 bits per heavy atom. The molecule has 0 saturated carbocycles. The highest BCUT2D eigenvalue weighted by Crippen LogP contribution is 2.19. The van der Waals surface area contributed by atoms with Crippen LogP contribution < -0.4 is 5.73 Å². The van der Waals surface area contributed by atoms with Gasteiger partial charge in [-0.3, -0.25) is 0 Å². The number of nitrogens with two attached hydrogens (primary N) is 1. The molecule has 0 bridgehead atoms. The van der Waals surface area contributed by atoms with Gasteiger partial charge in [-0.05, 0) is 19.8 Å². The minimum atomic E-state index is -2.58. The Balaban J connectivity index is 3.45. The molecule has 0 aliphatic carbocycles. The Kier molecular flexibility index (Phi) is 4.26. The highest BCUT2D eigenvalue weighted by atomic mass is 19.3. The Labute approximate surface area is 66.3 Å². The Hall–Kier alpha value is -0.440. The Bertz CT molecular complexity index is 118. The van der Waals surface area contributed by atoms with Crippen LogP contribution in [-0.4, -0.2) is 12.0 Å². The van der Waals surface area contributed by atoms with Crippen molar-refractivity contribution in [3.63, 3.8) is 0 Å². The molecule has 11 heavy (non-hydrogen) atoms. The summed E-state index contributed by atoms with van der Waals surface area (Å²) in [6, 6.07) is -0.168. The van der Waals surface area contributed by atoms with Gasteiger partial charge in [0.05, 0.1) is 0 Å². The fourth-order valence-corrected chi connectivity index (χ4v) is 0.771. The van der Waals surface area contributed by atoms with E-state index in [1.165, 1.54) is 0 Å². The van der Waals surface area contributed by atoms with Crippen molar-refractivity contribution in [1.29, 1.82) is 0 Å². The molecular formula is C8H15F2N. The molecule has 0 rings (SSSR count). The van der Waals surface area contributed by atoms with Crippen LogP contribution in [0.4, 0.5) is 8.78 Å². The number of alkyl halides is 2. The first-order valence-electron chi connectivity index (χ1n) is 3.70.